The quantitative estimate of drug-likeness (QED) is 0.540. The van der Waals surface area contributed by atoms with Crippen molar-refractivity contribution in [3.05, 3.63) is 64.7 Å². The SMILES string of the molecule is Cc1nc(NCc2cc(C)on2)c2c(ccn2Cc2cccc(Cl)n2)n1. The molecule has 0 unspecified atom stereocenters. The third-order valence-electron chi connectivity index (χ3n) is 3.94. The summed E-state index contributed by atoms with van der Waals surface area (Å²) in [5, 5.41) is 7.83. The maximum Gasteiger partial charge on any atom is 0.154 e. The zero-order valence-electron chi connectivity index (χ0n) is 14.4. The molecule has 0 saturated carbocycles. The van der Waals surface area contributed by atoms with Gasteiger partial charge in [-0.2, -0.15) is 0 Å². The lowest BCUT2D eigenvalue weighted by molar-refractivity contribution is 0.391. The molecule has 0 aliphatic carbocycles. The average Bonchev–Trinajstić information content (AvgIpc) is 3.19. The van der Waals surface area contributed by atoms with Crippen molar-refractivity contribution in [1.29, 1.82) is 0 Å². The standard InChI is InChI=1S/C18H17ClN6O/c1-11-8-14(24-26-11)9-20-18-17-15(21-12(2)22-18)6-7-25(17)10-13-4-3-5-16(19)23-13/h3-8H,9-10H2,1-2H3,(H,20,21,22). The summed E-state index contributed by atoms with van der Waals surface area (Å²) in [5.74, 6) is 2.23. The van der Waals surface area contributed by atoms with Crippen LogP contribution in [0.25, 0.3) is 11.0 Å². The highest BCUT2D eigenvalue weighted by molar-refractivity contribution is 6.29. The molecule has 8 heteroatoms. The van der Waals surface area contributed by atoms with Gasteiger partial charge in [0.15, 0.2) is 5.82 Å². The summed E-state index contributed by atoms with van der Waals surface area (Å²) >= 11 is 6.00. The van der Waals surface area contributed by atoms with Crippen LogP contribution in [-0.4, -0.2) is 24.7 Å². The third-order valence-corrected chi connectivity index (χ3v) is 4.15. The minimum absolute atomic E-state index is 0.478. The Hall–Kier alpha value is -2.93. The van der Waals surface area contributed by atoms with Crippen LogP contribution in [0, 0.1) is 13.8 Å². The lowest BCUT2D eigenvalue weighted by atomic mass is 10.3. The van der Waals surface area contributed by atoms with Crippen LogP contribution in [0.2, 0.25) is 5.15 Å². The van der Waals surface area contributed by atoms with Crippen molar-refractivity contribution in [2.45, 2.75) is 26.9 Å². The first-order valence-electron chi connectivity index (χ1n) is 8.19. The van der Waals surface area contributed by atoms with E-state index in [9.17, 15) is 0 Å². The Morgan fingerprint density at radius 3 is 2.77 bits per heavy atom. The Kier molecular flexibility index (Phi) is 4.30. The van der Waals surface area contributed by atoms with Crippen molar-refractivity contribution in [2.75, 3.05) is 5.32 Å². The van der Waals surface area contributed by atoms with E-state index < -0.39 is 0 Å². The minimum Gasteiger partial charge on any atom is -0.362 e. The second-order valence-electron chi connectivity index (χ2n) is 6.03. The lowest BCUT2D eigenvalue weighted by Gasteiger charge is -2.11. The Balaban J connectivity index is 1.68. The molecule has 0 saturated heterocycles. The number of nitrogens with one attached hydrogen (secondary N) is 1. The van der Waals surface area contributed by atoms with Gasteiger partial charge in [0, 0.05) is 12.3 Å². The fourth-order valence-electron chi connectivity index (χ4n) is 2.87. The second-order valence-corrected chi connectivity index (χ2v) is 6.42. The largest absolute Gasteiger partial charge is 0.362 e. The van der Waals surface area contributed by atoms with Gasteiger partial charge in [-0.25, -0.2) is 15.0 Å². The summed E-state index contributed by atoms with van der Waals surface area (Å²) in [4.78, 5) is 13.4. The number of hydrogen-bond acceptors (Lipinski definition) is 6. The number of hydrogen-bond donors (Lipinski definition) is 1. The third kappa shape index (κ3) is 3.39. The normalized spacial score (nSPS) is 11.2. The zero-order chi connectivity index (χ0) is 18.1. The van der Waals surface area contributed by atoms with Crippen LogP contribution in [-0.2, 0) is 13.1 Å². The van der Waals surface area contributed by atoms with Crippen molar-refractivity contribution in [1.82, 2.24) is 24.7 Å². The van der Waals surface area contributed by atoms with Gasteiger partial charge in [-0.05, 0) is 32.0 Å². The first-order valence-corrected chi connectivity index (χ1v) is 8.57. The highest BCUT2D eigenvalue weighted by Gasteiger charge is 2.12. The van der Waals surface area contributed by atoms with E-state index in [0.717, 1.165) is 34.0 Å². The van der Waals surface area contributed by atoms with Gasteiger partial charge in [-0.3, -0.25) is 0 Å². The smallest absolute Gasteiger partial charge is 0.154 e. The van der Waals surface area contributed by atoms with Gasteiger partial charge in [0.25, 0.3) is 0 Å². The maximum atomic E-state index is 6.00. The molecule has 132 valence electrons. The highest BCUT2D eigenvalue weighted by Crippen LogP contribution is 2.23. The monoisotopic (exact) mass is 368 g/mol. The van der Waals surface area contributed by atoms with E-state index in [4.69, 9.17) is 16.1 Å². The van der Waals surface area contributed by atoms with E-state index in [0.29, 0.717) is 24.1 Å². The van der Waals surface area contributed by atoms with Gasteiger partial charge in [0.2, 0.25) is 0 Å². The van der Waals surface area contributed by atoms with E-state index >= 15 is 0 Å². The number of halogens is 1. The van der Waals surface area contributed by atoms with Crippen LogP contribution in [0.1, 0.15) is 23.0 Å². The Morgan fingerprint density at radius 1 is 1.12 bits per heavy atom. The number of aromatic nitrogens is 5. The lowest BCUT2D eigenvalue weighted by Crippen LogP contribution is -2.08. The molecule has 0 fully saturated rings. The molecule has 4 rings (SSSR count). The van der Waals surface area contributed by atoms with E-state index in [1.165, 1.54) is 0 Å². The Bertz CT molecular complexity index is 1070. The summed E-state index contributed by atoms with van der Waals surface area (Å²) in [6, 6.07) is 9.46. The molecule has 0 amide bonds. The summed E-state index contributed by atoms with van der Waals surface area (Å²) in [6.07, 6.45) is 1.98. The van der Waals surface area contributed by atoms with Crippen LogP contribution in [0.15, 0.2) is 41.1 Å². The van der Waals surface area contributed by atoms with Crippen molar-refractivity contribution < 1.29 is 4.52 Å². The van der Waals surface area contributed by atoms with Crippen LogP contribution < -0.4 is 5.32 Å². The second kappa shape index (κ2) is 6.76. The molecule has 0 aliphatic rings. The molecular weight excluding hydrogens is 352 g/mol. The zero-order valence-corrected chi connectivity index (χ0v) is 15.2. The molecular formula is C18H17ClN6O. The summed E-state index contributed by atoms with van der Waals surface area (Å²) in [7, 11) is 0. The van der Waals surface area contributed by atoms with Crippen molar-refractivity contribution in [3.63, 3.8) is 0 Å². The summed E-state index contributed by atoms with van der Waals surface area (Å²) in [5.41, 5.74) is 3.48. The Labute approximate surface area is 155 Å². The summed E-state index contributed by atoms with van der Waals surface area (Å²) < 4.78 is 7.17. The predicted molar refractivity (Wildman–Crippen MR) is 99.2 cm³/mol. The Morgan fingerprint density at radius 2 is 2.00 bits per heavy atom. The van der Waals surface area contributed by atoms with Gasteiger partial charge in [0.05, 0.1) is 24.3 Å². The number of pyridine rings is 1. The molecule has 4 aromatic rings. The topological polar surface area (TPSA) is 81.7 Å². The van der Waals surface area contributed by atoms with Gasteiger partial charge in [0.1, 0.15) is 27.9 Å². The van der Waals surface area contributed by atoms with Crippen molar-refractivity contribution >= 4 is 28.5 Å². The van der Waals surface area contributed by atoms with Crippen LogP contribution in [0.3, 0.4) is 0 Å². The van der Waals surface area contributed by atoms with Crippen molar-refractivity contribution in [3.8, 4) is 0 Å². The summed E-state index contributed by atoms with van der Waals surface area (Å²) in [6.45, 7) is 4.84. The minimum atomic E-state index is 0.478. The molecule has 4 aromatic heterocycles. The number of anilines is 1. The fraction of sp³-hybridized carbons (Fsp3) is 0.222. The predicted octanol–water partition coefficient (Wildman–Crippen LogP) is 3.74. The molecule has 0 spiro atoms. The number of fused-ring (bicyclic) bond motifs is 1. The fourth-order valence-corrected chi connectivity index (χ4v) is 3.05. The molecule has 4 heterocycles. The van der Waals surface area contributed by atoms with Gasteiger partial charge < -0.3 is 14.4 Å². The van der Waals surface area contributed by atoms with E-state index in [2.05, 4.69) is 30.0 Å². The maximum absolute atomic E-state index is 6.00. The van der Waals surface area contributed by atoms with Crippen LogP contribution in [0.5, 0.6) is 0 Å². The van der Waals surface area contributed by atoms with E-state index in [1.807, 2.05) is 44.3 Å². The molecule has 0 aliphatic heterocycles. The van der Waals surface area contributed by atoms with Crippen LogP contribution >= 0.6 is 11.6 Å². The highest BCUT2D eigenvalue weighted by atomic mass is 35.5. The van der Waals surface area contributed by atoms with E-state index in [-0.39, 0.29) is 0 Å². The molecule has 0 atom stereocenters. The van der Waals surface area contributed by atoms with Crippen molar-refractivity contribution in [2.24, 2.45) is 0 Å². The van der Waals surface area contributed by atoms with Gasteiger partial charge in [-0.1, -0.05) is 22.8 Å². The van der Waals surface area contributed by atoms with Gasteiger partial charge in [-0.15, -0.1) is 0 Å². The number of rotatable bonds is 5. The molecule has 7 nitrogen and oxygen atoms in total. The molecule has 0 bridgehead atoms. The number of nitrogens with zero attached hydrogens (tertiary/aromatic N) is 5. The average molecular weight is 369 g/mol. The first-order chi connectivity index (χ1) is 12.6. The molecule has 0 radical (unpaired) electrons. The molecule has 26 heavy (non-hydrogen) atoms. The molecule has 1 N–H and O–H groups in total. The number of aryl methyl sites for hydroxylation is 2. The molecule has 0 aromatic carbocycles. The van der Waals surface area contributed by atoms with E-state index in [1.54, 1.807) is 6.07 Å². The van der Waals surface area contributed by atoms with Crippen LogP contribution in [0.4, 0.5) is 5.82 Å². The van der Waals surface area contributed by atoms with Gasteiger partial charge >= 0.3 is 0 Å². The first kappa shape index (κ1) is 16.5.